The molecule has 3 rings (SSSR count). The Morgan fingerprint density at radius 3 is 1.64 bits per heavy atom. The number of nitrogens with one attached hydrogen (secondary N) is 1. The number of carbonyl (C=O) groups excluding carboxylic acids is 1. The van der Waals surface area contributed by atoms with Crippen LogP contribution in [0.3, 0.4) is 0 Å². The van der Waals surface area contributed by atoms with Gasteiger partial charge >= 0.3 is 11.9 Å². The summed E-state index contributed by atoms with van der Waals surface area (Å²) >= 11 is 0. The molecule has 0 radical (unpaired) electrons. The lowest BCUT2D eigenvalue weighted by Gasteiger charge is -2.17. The van der Waals surface area contributed by atoms with Gasteiger partial charge in [0.2, 0.25) is 5.91 Å². The van der Waals surface area contributed by atoms with Crippen LogP contribution in [0.5, 0.6) is 0 Å². The predicted octanol–water partition coefficient (Wildman–Crippen LogP) is 3.72. The average Bonchev–Trinajstić information content (AvgIpc) is 2.80. The zero-order chi connectivity index (χ0) is 24.1. The second-order valence-electron chi connectivity index (χ2n) is 7.41. The van der Waals surface area contributed by atoms with Gasteiger partial charge in [0.1, 0.15) is 0 Å². The average molecular weight is 449 g/mol. The Balaban J connectivity index is 0.000000273. The van der Waals surface area contributed by atoms with E-state index in [1.807, 2.05) is 91.0 Å². The molecule has 0 saturated carbocycles. The van der Waals surface area contributed by atoms with E-state index in [0.717, 1.165) is 16.7 Å². The number of carboxylic acids is 2. The van der Waals surface area contributed by atoms with Gasteiger partial charge in [-0.1, -0.05) is 91.0 Å². The number of hydrogen-bond acceptors (Lipinski definition) is 4. The van der Waals surface area contributed by atoms with Crippen molar-refractivity contribution >= 4 is 17.8 Å². The predicted molar refractivity (Wildman–Crippen MR) is 125 cm³/mol. The third-order valence-electron chi connectivity index (χ3n) is 4.75. The van der Waals surface area contributed by atoms with Crippen LogP contribution in [0.2, 0.25) is 0 Å². The van der Waals surface area contributed by atoms with Crippen molar-refractivity contribution in [3.63, 3.8) is 0 Å². The molecular formula is C26H28N2O5. The van der Waals surface area contributed by atoms with Crippen LogP contribution in [0.1, 0.15) is 41.6 Å². The fourth-order valence-corrected chi connectivity index (χ4v) is 3.15. The van der Waals surface area contributed by atoms with Crippen molar-refractivity contribution < 1.29 is 24.6 Å². The molecule has 7 heteroatoms. The number of amides is 1. The smallest absolute Gasteiger partial charge is 0.305 e. The molecule has 3 aromatic rings. The maximum Gasteiger partial charge on any atom is 0.305 e. The Hall–Kier alpha value is -3.97. The second kappa shape index (κ2) is 13.4. The minimum atomic E-state index is -0.941. The Labute approximate surface area is 192 Å². The molecule has 7 nitrogen and oxygen atoms in total. The Morgan fingerprint density at radius 1 is 0.697 bits per heavy atom. The van der Waals surface area contributed by atoms with Gasteiger partial charge in [0, 0.05) is 6.04 Å². The molecule has 1 amide bonds. The molecule has 0 aliphatic carbocycles. The molecule has 1 unspecified atom stereocenters. The summed E-state index contributed by atoms with van der Waals surface area (Å²) in [4.78, 5) is 33.3. The highest BCUT2D eigenvalue weighted by molar-refractivity contribution is 5.80. The van der Waals surface area contributed by atoms with E-state index in [2.05, 4.69) is 5.32 Å². The topological polar surface area (TPSA) is 130 Å². The SMILES string of the molecule is N[C@H](CC(=O)O)c1ccccc1.O=C(O)CC(NC(=O)Cc1ccccc1)c1ccccc1. The summed E-state index contributed by atoms with van der Waals surface area (Å²) in [5, 5.41) is 20.3. The number of rotatable bonds is 9. The number of carboxylic acid groups (broad SMARTS) is 2. The first kappa shape index (κ1) is 25.3. The van der Waals surface area contributed by atoms with Crippen molar-refractivity contribution in [3.8, 4) is 0 Å². The van der Waals surface area contributed by atoms with E-state index in [1.165, 1.54) is 0 Å². The lowest BCUT2D eigenvalue weighted by molar-refractivity contribution is -0.138. The number of hydrogen-bond donors (Lipinski definition) is 4. The van der Waals surface area contributed by atoms with Gasteiger partial charge in [0.05, 0.1) is 25.3 Å². The minimum absolute atomic E-state index is 0.0238. The molecule has 0 spiro atoms. The zero-order valence-electron chi connectivity index (χ0n) is 18.1. The molecule has 0 aliphatic rings. The monoisotopic (exact) mass is 448 g/mol. The van der Waals surface area contributed by atoms with Crippen molar-refractivity contribution in [2.45, 2.75) is 31.3 Å². The van der Waals surface area contributed by atoms with Gasteiger partial charge in [-0.3, -0.25) is 14.4 Å². The van der Waals surface area contributed by atoms with Crippen molar-refractivity contribution in [3.05, 3.63) is 108 Å². The number of nitrogens with two attached hydrogens (primary N) is 1. The molecule has 3 aromatic carbocycles. The van der Waals surface area contributed by atoms with Crippen molar-refractivity contribution in [1.82, 2.24) is 5.32 Å². The quantitative estimate of drug-likeness (QED) is 0.395. The molecule has 2 atom stereocenters. The van der Waals surface area contributed by atoms with Gasteiger partial charge in [0.25, 0.3) is 0 Å². The molecular weight excluding hydrogens is 420 g/mol. The highest BCUT2D eigenvalue weighted by Crippen LogP contribution is 2.17. The van der Waals surface area contributed by atoms with Crippen LogP contribution in [-0.4, -0.2) is 28.1 Å². The third-order valence-corrected chi connectivity index (χ3v) is 4.75. The molecule has 5 N–H and O–H groups in total. The standard InChI is InChI=1S/C17H17NO3.C9H11NO2/c19-16(11-13-7-3-1-4-8-13)18-15(12-17(20)21)14-9-5-2-6-10-14;10-8(6-9(11)12)7-4-2-1-3-5-7/h1-10,15H,11-12H2,(H,18,19)(H,20,21);1-5,8H,6,10H2,(H,11,12)/t;8-/m.1/s1. The van der Waals surface area contributed by atoms with Crippen LogP contribution in [0.25, 0.3) is 0 Å². The van der Waals surface area contributed by atoms with Gasteiger partial charge in [0.15, 0.2) is 0 Å². The summed E-state index contributed by atoms with van der Waals surface area (Å²) in [5.74, 6) is -1.99. The molecule has 0 saturated heterocycles. The van der Waals surface area contributed by atoms with E-state index < -0.39 is 24.0 Å². The zero-order valence-corrected chi connectivity index (χ0v) is 18.1. The van der Waals surface area contributed by atoms with E-state index in [1.54, 1.807) is 0 Å². The summed E-state index contributed by atoms with van der Waals surface area (Å²) < 4.78 is 0. The Bertz CT molecular complexity index is 1010. The molecule has 0 aliphatic heterocycles. The first-order valence-electron chi connectivity index (χ1n) is 10.5. The molecule has 172 valence electrons. The van der Waals surface area contributed by atoms with Crippen LogP contribution < -0.4 is 11.1 Å². The number of benzene rings is 3. The van der Waals surface area contributed by atoms with Gasteiger partial charge in [-0.05, 0) is 16.7 Å². The van der Waals surface area contributed by atoms with E-state index in [9.17, 15) is 14.4 Å². The number of carbonyl (C=O) groups is 3. The van der Waals surface area contributed by atoms with Crippen LogP contribution in [-0.2, 0) is 20.8 Å². The fourth-order valence-electron chi connectivity index (χ4n) is 3.15. The molecule has 0 heterocycles. The highest BCUT2D eigenvalue weighted by atomic mass is 16.4. The van der Waals surface area contributed by atoms with E-state index in [-0.39, 0.29) is 25.2 Å². The summed E-state index contributed by atoms with van der Waals surface area (Å²) in [6, 6.07) is 26.8. The van der Waals surface area contributed by atoms with Gasteiger partial charge in [-0.15, -0.1) is 0 Å². The molecule has 0 bridgehead atoms. The lowest BCUT2D eigenvalue weighted by Crippen LogP contribution is -2.31. The normalized spacial score (nSPS) is 11.9. The highest BCUT2D eigenvalue weighted by Gasteiger charge is 2.18. The largest absolute Gasteiger partial charge is 0.481 e. The van der Waals surface area contributed by atoms with Crippen LogP contribution in [0.15, 0.2) is 91.0 Å². The Morgan fingerprint density at radius 2 is 1.15 bits per heavy atom. The summed E-state index contributed by atoms with van der Waals surface area (Å²) in [6.07, 6.45) is 0.0817. The van der Waals surface area contributed by atoms with Crippen molar-refractivity contribution in [2.24, 2.45) is 5.73 Å². The van der Waals surface area contributed by atoms with E-state index in [4.69, 9.17) is 15.9 Å². The van der Waals surface area contributed by atoms with Gasteiger partial charge in [-0.25, -0.2) is 0 Å². The Kier molecular flexibility index (Phi) is 10.3. The second-order valence-corrected chi connectivity index (χ2v) is 7.41. The van der Waals surface area contributed by atoms with Crippen LogP contribution in [0, 0.1) is 0 Å². The van der Waals surface area contributed by atoms with E-state index in [0.29, 0.717) is 0 Å². The fraction of sp³-hybridized carbons (Fsp3) is 0.192. The van der Waals surface area contributed by atoms with Gasteiger partial charge in [-0.2, -0.15) is 0 Å². The number of aliphatic carboxylic acids is 2. The van der Waals surface area contributed by atoms with Gasteiger partial charge < -0.3 is 21.3 Å². The molecule has 0 fully saturated rings. The lowest BCUT2D eigenvalue weighted by atomic mass is 10.0. The first-order valence-corrected chi connectivity index (χ1v) is 10.5. The van der Waals surface area contributed by atoms with Crippen molar-refractivity contribution in [1.29, 1.82) is 0 Å². The summed E-state index contributed by atoms with van der Waals surface area (Å²) in [6.45, 7) is 0. The third kappa shape index (κ3) is 9.80. The maximum atomic E-state index is 12.1. The summed E-state index contributed by atoms with van der Waals surface area (Å²) in [7, 11) is 0. The van der Waals surface area contributed by atoms with Crippen LogP contribution in [0.4, 0.5) is 0 Å². The first-order chi connectivity index (χ1) is 15.8. The maximum absolute atomic E-state index is 12.1. The van der Waals surface area contributed by atoms with Crippen LogP contribution >= 0.6 is 0 Å². The molecule has 0 aromatic heterocycles. The minimum Gasteiger partial charge on any atom is -0.481 e. The molecule has 33 heavy (non-hydrogen) atoms. The van der Waals surface area contributed by atoms with Crippen molar-refractivity contribution in [2.75, 3.05) is 0 Å². The summed E-state index contributed by atoms with van der Waals surface area (Å²) in [5.41, 5.74) is 8.17. The van der Waals surface area contributed by atoms with E-state index >= 15 is 0 Å².